The summed E-state index contributed by atoms with van der Waals surface area (Å²) in [7, 11) is 1.59. The Balaban J connectivity index is 2.23. The smallest absolute Gasteiger partial charge is 0.238 e. The molecule has 3 N–H and O–H groups in total. The molecule has 0 fully saturated rings. The third kappa shape index (κ3) is 3.03. The van der Waals surface area contributed by atoms with Crippen LogP contribution in [0, 0.1) is 5.41 Å². The van der Waals surface area contributed by atoms with Gasteiger partial charge in [-0.15, -0.1) is 0 Å². The SMILES string of the molecule is CCc1ccc(Oc2cnc(C(=N)N)cn2)c(OC)c1. The molecule has 2 aromatic rings. The van der Waals surface area contributed by atoms with Gasteiger partial charge in [0.2, 0.25) is 5.88 Å². The first-order valence-electron chi connectivity index (χ1n) is 6.15. The summed E-state index contributed by atoms with van der Waals surface area (Å²) in [6, 6.07) is 5.72. The van der Waals surface area contributed by atoms with Gasteiger partial charge in [0.15, 0.2) is 11.5 Å². The van der Waals surface area contributed by atoms with Gasteiger partial charge in [-0.1, -0.05) is 13.0 Å². The number of nitrogens with one attached hydrogen (secondary N) is 1. The third-order valence-electron chi connectivity index (χ3n) is 2.75. The molecule has 0 aliphatic carbocycles. The highest BCUT2D eigenvalue weighted by atomic mass is 16.5. The van der Waals surface area contributed by atoms with Crippen LogP contribution in [0.1, 0.15) is 18.2 Å². The van der Waals surface area contributed by atoms with E-state index in [0.717, 1.165) is 12.0 Å². The van der Waals surface area contributed by atoms with Crippen molar-refractivity contribution >= 4 is 5.84 Å². The molecule has 0 saturated carbocycles. The summed E-state index contributed by atoms with van der Waals surface area (Å²) in [5, 5.41) is 7.25. The van der Waals surface area contributed by atoms with E-state index in [1.807, 2.05) is 18.2 Å². The van der Waals surface area contributed by atoms with Crippen molar-refractivity contribution < 1.29 is 9.47 Å². The summed E-state index contributed by atoms with van der Waals surface area (Å²) in [4.78, 5) is 8.04. The van der Waals surface area contributed by atoms with Gasteiger partial charge in [-0.3, -0.25) is 5.41 Å². The van der Waals surface area contributed by atoms with Crippen LogP contribution in [0.4, 0.5) is 0 Å². The van der Waals surface area contributed by atoms with Gasteiger partial charge in [-0.2, -0.15) is 0 Å². The molecular formula is C14H16N4O2. The second-order valence-electron chi connectivity index (χ2n) is 4.09. The number of benzene rings is 1. The molecule has 104 valence electrons. The molecule has 0 atom stereocenters. The highest BCUT2D eigenvalue weighted by molar-refractivity contribution is 5.92. The Hall–Kier alpha value is -2.63. The van der Waals surface area contributed by atoms with Crippen molar-refractivity contribution in [2.75, 3.05) is 7.11 Å². The molecule has 0 aliphatic heterocycles. The van der Waals surface area contributed by atoms with Gasteiger partial charge >= 0.3 is 0 Å². The van der Waals surface area contributed by atoms with E-state index in [1.165, 1.54) is 12.4 Å². The number of amidine groups is 1. The van der Waals surface area contributed by atoms with E-state index in [9.17, 15) is 0 Å². The van der Waals surface area contributed by atoms with E-state index in [1.54, 1.807) is 7.11 Å². The van der Waals surface area contributed by atoms with Crippen molar-refractivity contribution in [2.24, 2.45) is 5.73 Å². The van der Waals surface area contributed by atoms with Crippen LogP contribution in [0.5, 0.6) is 17.4 Å². The molecule has 1 aromatic carbocycles. The Labute approximate surface area is 117 Å². The summed E-state index contributed by atoms with van der Waals surface area (Å²) >= 11 is 0. The molecule has 0 unspecified atom stereocenters. The average molecular weight is 272 g/mol. The third-order valence-corrected chi connectivity index (χ3v) is 2.75. The summed E-state index contributed by atoms with van der Waals surface area (Å²) < 4.78 is 10.9. The maximum Gasteiger partial charge on any atom is 0.238 e. The molecule has 6 nitrogen and oxygen atoms in total. The maximum atomic E-state index is 7.25. The zero-order chi connectivity index (χ0) is 14.5. The lowest BCUT2D eigenvalue weighted by molar-refractivity contribution is 0.373. The van der Waals surface area contributed by atoms with E-state index in [-0.39, 0.29) is 5.84 Å². The normalized spacial score (nSPS) is 10.1. The molecule has 0 bridgehead atoms. The van der Waals surface area contributed by atoms with E-state index < -0.39 is 0 Å². The molecule has 20 heavy (non-hydrogen) atoms. The van der Waals surface area contributed by atoms with Crippen molar-refractivity contribution in [1.82, 2.24) is 9.97 Å². The minimum atomic E-state index is -0.131. The molecule has 0 aliphatic rings. The summed E-state index contributed by atoms with van der Waals surface area (Å²) in [5.74, 6) is 1.39. The number of nitrogens with zero attached hydrogens (tertiary/aromatic N) is 2. The van der Waals surface area contributed by atoms with Gasteiger partial charge in [0.25, 0.3) is 0 Å². The number of aromatic nitrogens is 2. The molecule has 0 amide bonds. The highest BCUT2D eigenvalue weighted by Crippen LogP contribution is 2.31. The molecule has 0 radical (unpaired) electrons. The van der Waals surface area contributed by atoms with Crippen molar-refractivity contribution in [1.29, 1.82) is 5.41 Å². The van der Waals surface area contributed by atoms with Gasteiger partial charge in [0.1, 0.15) is 11.5 Å². The minimum Gasteiger partial charge on any atom is -0.493 e. The van der Waals surface area contributed by atoms with Crippen LogP contribution in [0.2, 0.25) is 0 Å². The fraction of sp³-hybridized carbons (Fsp3) is 0.214. The molecule has 1 heterocycles. The first-order chi connectivity index (χ1) is 9.63. The van der Waals surface area contributed by atoms with Crippen molar-refractivity contribution in [3.63, 3.8) is 0 Å². The van der Waals surface area contributed by atoms with Gasteiger partial charge in [-0.25, -0.2) is 9.97 Å². The molecule has 1 aromatic heterocycles. The largest absolute Gasteiger partial charge is 0.493 e. The van der Waals surface area contributed by atoms with E-state index in [2.05, 4.69) is 16.9 Å². The van der Waals surface area contributed by atoms with Crippen LogP contribution in [0.15, 0.2) is 30.6 Å². The average Bonchev–Trinajstić information content (AvgIpc) is 2.48. The van der Waals surface area contributed by atoms with E-state index in [4.69, 9.17) is 20.6 Å². The first kappa shape index (κ1) is 13.8. The predicted octanol–water partition coefficient (Wildman–Crippen LogP) is 2.12. The van der Waals surface area contributed by atoms with Crippen LogP contribution in [-0.2, 0) is 6.42 Å². The summed E-state index contributed by atoms with van der Waals surface area (Å²) in [5.41, 5.74) is 6.78. The zero-order valence-corrected chi connectivity index (χ0v) is 11.4. The lowest BCUT2D eigenvalue weighted by Gasteiger charge is -2.10. The lowest BCUT2D eigenvalue weighted by atomic mass is 10.1. The van der Waals surface area contributed by atoms with Crippen LogP contribution < -0.4 is 15.2 Å². The van der Waals surface area contributed by atoms with E-state index >= 15 is 0 Å². The van der Waals surface area contributed by atoms with Crippen molar-refractivity contribution in [2.45, 2.75) is 13.3 Å². The topological polar surface area (TPSA) is 94.1 Å². The Morgan fingerprint density at radius 1 is 1.25 bits per heavy atom. The summed E-state index contributed by atoms with van der Waals surface area (Å²) in [6.45, 7) is 2.07. The van der Waals surface area contributed by atoms with Crippen LogP contribution >= 0.6 is 0 Å². The van der Waals surface area contributed by atoms with Crippen LogP contribution in [0.3, 0.4) is 0 Å². The fourth-order valence-electron chi connectivity index (χ4n) is 1.64. The van der Waals surface area contributed by atoms with E-state index in [0.29, 0.717) is 23.1 Å². The Morgan fingerprint density at radius 3 is 2.60 bits per heavy atom. The number of hydrogen-bond donors (Lipinski definition) is 2. The number of rotatable bonds is 5. The first-order valence-corrected chi connectivity index (χ1v) is 6.15. The molecule has 0 saturated heterocycles. The minimum absolute atomic E-state index is 0.131. The number of aryl methyl sites for hydroxylation is 1. The number of nitrogens with two attached hydrogens (primary N) is 1. The lowest BCUT2D eigenvalue weighted by Crippen LogP contribution is -2.13. The van der Waals surface area contributed by atoms with Crippen molar-refractivity contribution in [3.8, 4) is 17.4 Å². The fourth-order valence-corrected chi connectivity index (χ4v) is 1.64. The Kier molecular flexibility index (Phi) is 4.14. The standard InChI is InChI=1S/C14H16N4O2/c1-3-9-4-5-11(12(6-9)19-2)20-13-8-17-10(7-18-13)14(15)16/h4-8H,3H2,1-2H3,(H3,15,16). The predicted molar refractivity (Wildman–Crippen MR) is 75.5 cm³/mol. The molecular weight excluding hydrogens is 256 g/mol. The highest BCUT2D eigenvalue weighted by Gasteiger charge is 2.08. The van der Waals surface area contributed by atoms with Gasteiger partial charge in [0, 0.05) is 0 Å². The van der Waals surface area contributed by atoms with Gasteiger partial charge < -0.3 is 15.2 Å². The Bertz CT molecular complexity index is 611. The van der Waals surface area contributed by atoms with Crippen LogP contribution in [-0.4, -0.2) is 22.9 Å². The van der Waals surface area contributed by atoms with Crippen LogP contribution in [0.25, 0.3) is 0 Å². The second kappa shape index (κ2) is 6.01. The number of ether oxygens (including phenoxy) is 2. The second-order valence-corrected chi connectivity index (χ2v) is 4.09. The maximum absolute atomic E-state index is 7.25. The van der Waals surface area contributed by atoms with Gasteiger partial charge in [-0.05, 0) is 24.1 Å². The van der Waals surface area contributed by atoms with Crippen molar-refractivity contribution in [3.05, 3.63) is 41.9 Å². The monoisotopic (exact) mass is 272 g/mol. The Morgan fingerprint density at radius 2 is 2.05 bits per heavy atom. The molecule has 2 rings (SSSR count). The zero-order valence-electron chi connectivity index (χ0n) is 11.4. The summed E-state index contributed by atoms with van der Waals surface area (Å²) in [6.07, 6.45) is 3.73. The number of methoxy groups -OCH3 is 1. The molecule has 0 spiro atoms. The van der Waals surface area contributed by atoms with Gasteiger partial charge in [0.05, 0.1) is 19.5 Å². The number of nitrogen functional groups attached to an aromatic ring is 1. The number of hydrogen-bond acceptors (Lipinski definition) is 5. The quantitative estimate of drug-likeness (QED) is 0.642. The molecule has 6 heteroatoms.